The highest BCUT2D eigenvalue weighted by Gasteiger charge is 2.41. The van der Waals surface area contributed by atoms with E-state index in [1.54, 1.807) is 11.9 Å². The van der Waals surface area contributed by atoms with E-state index < -0.39 is 5.60 Å². The van der Waals surface area contributed by atoms with Crippen molar-refractivity contribution in [3.8, 4) is 0 Å². The fraction of sp³-hybridized carbons (Fsp3) is 0.800. The molecule has 1 saturated heterocycles. The number of nitrogens with one attached hydrogen (secondary N) is 1. The highest BCUT2D eigenvalue weighted by Crippen LogP contribution is 2.32. The van der Waals surface area contributed by atoms with Crippen LogP contribution in [-0.4, -0.2) is 63.0 Å². The highest BCUT2D eigenvalue weighted by atomic mass is 16.5. The number of likely N-dealkylation sites (N-methyl/N-ethyl adjacent to an activating group) is 1. The van der Waals surface area contributed by atoms with Gasteiger partial charge in [0.1, 0.15) is 17.8 Å². The predicted octanol–water partition coefficient (Wildman–Crippen LogP) is 0.831. The molecule has 2 aliphatic rings. The van der Waals surface area contributed by atoms with E-state index in [1.165, 1.54) is 6.33 Å². The van der Waals surface area contributed by atoms with Crippen LogP contribution in [-0.2, 0) is 9.53 Å². The van der Waals surface area contributed by atoms with E-state index >= 15 is 0 Å². The normalized spacial score (nSPS) is 27.7. The summed E-state index contributed by atoms with van der Waals surface area (Å²) in [5, 5.41) is 17.3. The molecule has 1 amide bonds. The maximum atomic E-state index is 12.6. The number of aliphatic hydroxyl groups is 1. The first-order chi connectivity index (χ1) is 10.6. The van der Waals surface area contributed by atoms with Crippen LogP contribution >= 0.6 is 0 Å². The summed E-state index contributed by atoms with van der Waals surface area (Å²) in [6.07, 6.45) is 6.30. The Morgan fingerprint density at radius 1 is 1.50 bits per heavy atom. The number of aromatic nitrogens is 3. The minimum absolute atomic E-state index is 0.103. The lowest BCUT2D eigenvalue weighted by molar-refractivity contribution is -0.154. The molecule has 1 aliphatic heterocycles. The Morgan fingerprint density at radius 3 is 2.95 bits per heavy atom. The second-order valence-electron chi connectivity index (χ2n) is 6.45. The molecule has 0 aromatic carbocycles. The summed E-state index contributed by atoms with van der Waals surface area (Å²) in [6.45, 7) is 1.12. The van der Waals surface area contributed by atoms with E-state index in [9.17, 15) is 9.90 Å². The molecule has 1 aromatic heterocycles. The van der Waals surface area contributed by atoms with Gasteiger partial charge in [0.25, 0.3) is 5.91 Å². The van der Waals surface area contributed by atoms with E-state index in [-0.39, 0.29) is 17.9 Å². The molecule has 1 aliphatic carbocycles. The largest absolute Gasteiger partial charge is 0.380 e. The van der Waals surface area contributed by atoms with Gasteiger partial charge in [-0.3, -0.25) is 9.89 Å². The molecule has 0 bridgehead atoms. The van der Waals surface area contributed by atoms with Gasteiger partial charge in [0.2, 0.25) is 0 Å². The summed E-state index contributed by atoms with van der Waals surface area (Å²) >= 11 is 0. The van der Waals surface area contributed by atoms with Gasteiger partial charge in [-0.15, -0.1) is 0 Å². The average molecular weight is 308 g/mol. The van der Waals surface area contributed by atoms with Crippen molar-refractivity contribution in [3.63, 3.8) is 0 Å². The van der Waals surface area contributed by atoms with Crippen molar-refractivity contribution in [2.75, 3.05) is 20.2 Å². The number of nitrogens with zero attached hydrogens (tertiary/aromatic N) is 3. The van der Waals surface area contributed by atoms with Crippen LogP contribution in [0.25, 0.3) is 0 Å². The lowest BCUT2D eigenvalue weighted by atomic mass is 9.83. The van der Waals surface area contributed by atoms with Crippen LogP contribution < -0.4 is 0 Å². The lowest BCUT2D eigenvalue weighted by Crippen LogP contribution is -2.50. The number of ether oxygens (including phenoxy) is 1. The first-order valence-electron chi connectivity index (χ1n) is 8.05. The van der Waals surface area contributed by atoms with Crippen molar-refractivity contribution in [2.45, 2.75) is 56.1 Å². The molecule has 7 heteroatoms. The Hall–Kier alpha value is -1.47. The fourth-order valence-electron chi connectivity index (χ4n) is 3.59. The van der Waals surface area contributed by atoms with E-state index in [1.807, 2.05) is 0 Å². The number of rotatable bonds is 4. The van der Waals surface area contributed by atoms with Crippen molar-refractivity contribution in [1.29, 1.82) is 0 Å². The van der Waals surface area contributed by atoms with Crippen molar-refractivity contribution in [1.82, 2.24) is 20.1 Å². The second-order valence-corrected chi connectivity index (χ2v) is 6.45. The third kappa shape index (κ3) is 3.01. The van der Waals surface area contributed by atoms with Crippen molar-refractivity contribution in [2.24, 2.45) is 0 Å². The predicted molar refractivity (Wildman–Crippen MR) is 79.2 cm³/mol. The van der Waals surface area contributed by atoms with Gasteiger partial charge in [0.05, 0.1) is 6.10 Å². The van der Waals surface area contributed by atoms with Crippen molar-refractivity contribution < 1.29 is 14.6 Å². The van der Waals surface area contributed by atoms with Gasteiger partial charge in [-0.25, -0.2) is 4.98 Å². The summed E-state index contributed by atoms with van der Waals surface area (Å²) in [4.78, 5) is 18.4. The number of hydrogen-bond donors (Lipinski definition) is 2. The maximum Gasteiger partial charge on any atom is 0.254 e. The van der Waals surface area contributed by atoms with Crippen LogP contribution in [0, 0.1) is 0 Å². The van der Waals surface area contributed by atoms with Crippen molar-refractivity contribution >= 4 is 5.91 Å². The number of aromatic amines is 1. The van der Waals surface area contributed by atoms with Crippen LogP contribution in [0.4, 0.5) is 0 Å². The van der Waals surface area contributed by atoms with E-state index in [0.29, 0.717) is 26.0 Å². The van der Waals surface area contributed by atoms with Gasteiger partial charge in [0.15, 0.2) is 0 Å². The average Bonchev–Trinajstić information content (AvgIpc) is 3.17. The zero-order chi connectivity index (χ0) is 15.6. The van der Waals surface area contributed by atoms with Gasteiger partial charge in [-0.2, -0.15) is 5.10 Å². The van der Waals surface area contributed by atoms with Crippen LogP contribution in [0.1, 0.15) is 50.3 Å². The monoisotopic (exact) mass is 308 g/mol. The van der Waals surface area contributed by atoms with Crippen LogP contribution in [0.15, 0.2) is 6.33 Å². The molecule has 2 atom stereocenters. The number of hydrogen-bond acceptors (Lipinski definition) is 5. The SMILES string of the molecule is CN(C[C@H]1OCC[C@H]1c1ncn[nH]1)C(=O)C1(O)CCCCC1. The number of carbonyl (C=O) groups excluding carboxylic acids is 1. The molecule has 0 radical (unpaired) electrons. The third-order valence-corrected chi connectivity index (χ3v) is 4.87. The van der Waals surface area contributed by atoms with Gasteiger partial charge in [-0.05, 0) is 19.3 Å². The molecule has 0 unspecified atom stereocenters. The summed E-state index contributed by atoms with van der Waals surface area (Å²) in [5.74, 6) is 0.748. The second kappa shape index (κ2) is 6.34. The molecule has 22 heavy (non-hydrogen) atoms. The Kier molecular flexibility index (Phi) is 4.44. The van der Waals surface area contributed by atoms with Gasteiger partial charge in [-0.1, -0.05) is 19.3 Å². The summed E-state index contributed by atoms with van der Waals surface area (Å²) in [6, 6.07) is 0. The molecule has 7 nitrogen and oxygen atoms in total. The van der Waals surface area contributed by atoms with Crippen LogP contribution in [0.5, 0.6) is 0 Å². The van der Waals surface area contributed by atoms with Crippen LogP contribution in [0.3, 0.4) is 0 Å². The molecule has 2 heterocycles. The molecule has 2 fully saturated rings. The van der Waals surface area contributed by atoms with Gasteiger partial charge in [0, 0.05) is 26.1 Å². The molecular formula is C15H24N4O3. The Bertz CT molecular complexity index is 499. The topological polar surface area (TPSA) is 91.3 Å². The first kappa shape index (κ1) is 15.4. The molecule has 1 aromatic rings. The van der Waals surface area contributed by atoms with Crippen molar-refractivity contribution in [3.05, 3.63) is 12.2 Å². The first-order valence-corrected chi connectivity index (χ1v) is 8.05. The highest BCUT2D eigenvalue weighted by molar-refractivity contribution is 5.84. The smallest absolute Gasteiger partial charge is 0.254 e. The number of amides is 1. The lowest BCUT2D eigenvalue weighted by Gasteiger charge is -2.35. The molecule has 0 spiro atoms. The number of carbonyl (C=O) groups is 1. The molecule has 122 valence electrons. The minimum Gasteiger partial charge on any atom is -0.380 e. The summed E-state index contributed by atoms with van der Waals surface area (Å²) in [5.41, 5.74) is -1.19. The Balaban J connectivity index is 1.63. The Labute approximate surface area is 130 Å². The van der Waals surface area contributed by atoms with Gasteiger partial charge >= 0.3 is 0 Å². The quantitative estimate of drug-likeness (QED) is 0.859. The Morgan fingerprint density at radius 2 is 2.27 bits per heavy atom. The summed E-state index contributed by atoms with van der Waals surface area (Å²) in [7, 11) is 1.74. The van der Waals surface area contributed by atoms with Crippen LogP contribution in [0.2, 0.25) is 0 Å². The maximum absolute atomic E-state index is 12.6. The fourth-order valence-corrected chi connectivity index (χ4v) is 3.59. The molecule has 3 rings (SSSR count). The molecule has 1 saturated carbocycles. The standard InChI is InChI=1S/C15H24N4O3/c1-19(14(20)15(21)6-3-2-4-7-15)9-12-11(5-8-22-12)13-16-10-17-18-13/h10-12,21H,2-9H2,1H3,(H,16,17,18)/t11-,12-/m1/s1. The zero-order valence-corrected chi connectivity index (χ0v) is 13.0. The number of H-pyrrole nitrogens is 1. The molecule has 2 N–H and O–H groups in total. The van der Waals surface area contributed by atoms with Gasteiger partial charge < -0.3 is 14.7 Å². The zero-order valence-electron chi connectivity index (χ0n) is 13.0. The minimum atomic E-state index is -1.19. The molecular weight excluding hydrogens is 284 g/mol. The van der Waals surface area contributed by atoms with E-state index in [0.717, 1.165) is 31.5 Å². The third-order valence-electron chi connectivity index (χ3n) is 4.87. The summed E-state index contributed by atoms with van der Waals surface area (Å²) < 4.78 is 5.77. The van der Waals surface area contributed by atoms with E-state index in [4.69, 9.17) is 4.74 Å². The van der Waals surface area contributed by atoms with E-state index in [2.05, 4.69) is 15.2 Å².